The summed E-state index contributed by atoms with van der Waals surface area (Å²) in [5.74, 6) is -2.24. The Morgan fingerprint density at radius 1 is 1.12 bits per heavy atom. The fourth-order valence-electron chi connectivity index (χ4n) is 5.09. The number of anilines is 1. The Bertz CT molecular complexity index is 1170. The number of piperidine rings is 1. The van der Waals surface area contributed by atoms with Gasteiger partial charge in [-0.05, 0) is 43.2 Å². The third-order valence-electron chi connectivity index (χ3n) is 6.94. The predicted octanol–water partition coefficient (Wildman–Crippen LogP) is 3.56. The van der Waals surface area contributed by atoms with E-state index in [1.54, 1.807) is 17.0 Å². The molecule has 34 heavy (non-hydrogen) atoms. The van der Waals surface area contributed by atoms with E-state index in [9.17, 15) is 27.2 Å². The highest BCUT2D eigenvalue weighted by Crippen LogP contribution is 2.47. The molecule has 0 aromatic heterocycles. The summed E-state index contributed by atoms with van der Waals surface area (Å²) in [5, 5.41) is 9.04. The van der Waals surface area contributed by atoms with Crippen molar-refractivity contribution in [3.05, 3.63) is 65.0 Å². The van der Waals surface area contributed by atoms with Crippen molar-refractivity contribution in [2.24, 2.45) is 17.1 Å². The number of nitriles is 1. The Labute approximate surface area is 193 Å². The third-order valence-corrected chi connectivity index (χ3v) is 6.94. The van der Waals surface area contributed by atoms with E-state index in [4.69, 9.17) is 11.0 Å². The van der Waals surface area contributed by atoms with Gasteiger partial charge >= 0.3 is 6.18 Å². The smallest absolute Gasteiger partial charge is 0.370 e. The molecule has 0 radical (unpaired) electrons. The highest BCUT2D eigenvalue weighted by Gasteiger charge is 2.51. The number of carbonyl (C=O) groups is 2. The number of nitrogens with zero attached hydrogens (tertiary/aromatic N) is 3. The first kappa shape index (κ1) is 23.5. The van der Waals surface area contributed by atoms with Crippen LogP contribution in [0.2, 0.25) is 0 Å². The van der Waals surface area contributed by atoms with Gasteiger partial charge in [-0.15, -0.1) is 0 Å². The number of hydrogen-bond acceptors (Lipinski definition) is 4. The van der Waals surface area contributed by atoms with E-state index in [1.165, 1.54) is 29.2 Å². The van der Waals surface area contributed by atoms with Crippen molar-refractivity contribution in [3.63, 3.8) is 0 Å². The molecule has 2 aromatic carbocycles. The molecule has 1 unspecified atom stereocenters. The number of likely N-dealkylation sites (tertiary alicyclic amines) is 1. The number of alkyl halides is 3. The van der Waals surface area contributed by atoms with E-state index in [2.05, 4.69) is 0 Å². The number of primary amides is 1. The quantitative estimate of drug-likeness (QED) is 0.689. The molecule has 0 bridgehead atoms. The molecule has 2 aromatic rings. The van der Waals surface area contributed by atoms with Crippen molar-refractivity contribution in [2.45, 2.75) is 19.0 Å². The topological polar surface area (TPSA) is 90.4 Å². The number of rotatable bonds is 3. The maximum atomic E-state index is 14.1. The summed E-state index contributed by atoms with van der Waals surface area (Å²) in [4.78, 5) is 28.3. The number of carbonyl (C=O) groups excluding carboxylic acids is 2. The summed E-state index contributed by atoms with van der Waals surface area (Å²) in [5.41, 5.74) is 3.76. The van der Waals surface area contributed by atoms with Gasteiger partial charge in [-0.1, -0.05) is 12.1 Å². The average Bonchev–Trinajstić information content (AvgIpc) is 3.17. The van der Waals surface area contributed by atoms with Gasteiger partial charge in [-0.3, -0.25) is 9.59 Å². The second kappa shape index (κ2) is 8.63. The van der Waals surface area contributed by atoms with Crippen LogP contribution in [0.15, 0.2) is 42.5 Å². The van der Waals surface area contributed by atoms with Gasteiger partial charge in [0.1, 0.15) is 5.82 Å². The molecule has 2 heterocycles. The van der Waals surface area contributed by atoms with E-state index in [-0.39, 0.29) is 37.4 Å². The monoisotopic (exact) mass is 474 g/mol. The molecular weight excluding hydrogens is 452 g/mol. The molecule has 0 aliphatic carbocycles. The van der Waals surface area contributed by atoms with Crippen LogP contribution in [0.25, 0.3) is 0 Å². The molecule has 4 rings (SSSR count). The Hall–Kier alpha value is -3.61. The lowest BCUT2D eigenvalue weighted by Gasteiger charge is -2.41. The maximum Gasteiger partial charge on any atom is 0.417 e. The molecule has 2 N–H and O–H groups in total. The summed E-state index contributed by atoms with van der Waals surface area (Å²) in [6.45, 7) is 0.962. The van der Waals surface area contributed by atoms with Gasteiger partial charge in [0, 0.05) is 37.3 Å². The fourth-order valence-corrected chi connectivity index (χ4v) is 5.09. The van der Waals surface area contributed by atoms with Crippen molar-refractivity contribution in [1.82, 2.24) is 4.90 Å². The molecule has 1 spiro atoms. The average molecular weight is 474 g/mol. The van der Waals surface area contributed by atoms with Crippen molar-refractivity contribution >= 4 is 17.5 Å². The lowest BCUT2D eigenvalue weighted by atomic mass is 9.70. The van der Waals surface area contributed by atoms with Gasteiger partial charge in [0.2, 0.25) is 5.91 Å². The first-order valence-electron chi connectivity index (χ1n) is 10.8. The minimum absolute atomic E-state index is 0.0322. The van der Waals surface area contributed by atoms with Gasteiger partial charge in [0.15, 0.2) is 0 Å². The Morgan fingerprint density at radius 2 is 1.79 bits per heavy atom. The van der Waals surface area contributed by atoms with Crippen LogP contribution in [0.5, 0.6) is 0 Å². The van der Waals surface area contributed by atoms with Crippen LogP contribution in [0, 0.1) is 28.5 Å². The standard InChI is InChI=1S/C24H22F4N4O2/c25-20-4-2-1-3-17(20)22(34)31-9-7-23(8-10-31)14-32(13-19(23)21(30)33)16-6-5-15(12-29)18(11-16)24(26,27)28/h1-6,11,19H,7-10,13-14H2,(H2,30,33). The van der Waals surface area contributed by atoms with E-state index >= 15 is 0 Å². The molecule has 2 aliphatic heterocycles. The van der Waals surface area contributed by atoms with Crippen LogP contribution in [0.1, 0.15) is 34.3 Å². The number of halogens is 4. The molecule has 2 fully saturated rings. The molecule has 6 nitrogen and oxygen atoms in total. The molecule has 0 saturated carbocycles. The zero-order chi connectivity index (χ0) is 24.7. The Kier molecular flexibility index (Phi) is 5.98. The zero-order valence-corrected chi connectivity index (χ0v) is 18.1. The number of amides is 2. The molecule has 2 aliphatic rings. The molecular formula is C24H22F4N4O2. The summed E-state index contributed by atoms with van der Waals surface area (Å²) >= 11 is 0. The van der Waals surface area contributed by atoms with Crippen LogP contribution in [0.3, 0.4) is 0 Å². The van der Waals surface area contributed by atoms with E-state index < -0.39 is 46.3 Å². The number of benzene rings is 2. The summed E-state index contributed by atoms with van der Waals surface area (Å²) in [6.07, 6.45) is -3.89. The SMILES string of the molecule is N#Cc1ccc(N2CC(C(N)=O)C3(CCN(C(=O)c4ccccc4F)CC3)C2)cc1C(F)(F)F. The molecule has 1 atom stereocenters. The van der Waals surface area contributed by atoms with Crippen LogP contribution >= 0.6 is 0 Å². The lowest BCUT2D eigenvalue weighted by Crippen LogP contribution is -2.49. The minimum atomic E-state index is -4.69. The Balaban J connectivity index is 1.56. The van der Waals surface area contributed by atoms with Crippen LogP contribution < -0.4 is 10.6 Å². The highest BCUT2D eigenvalue weighted by molar-refractivity contribution is 5.94. The normalized spacial score (nSPS) is 19.8. The molecule has 10 heteroatoms. The lowest BCUT2D eigenvalue weighted by molar-refractivity contribution is -0.137. The van der Waals surface area contributed by atoms with Gasteiger partial charge in [-0.2, -0.15) is 18.4 Å². The van der Waals surface area contributed by atoms with Crippen molar-refractivity contribution in [2.75, 3.05) is 31.1 Å². The van der Waals surface area contributed by atoms with E-state index in [1.807, 2.05) is 0 Å². The van der Waals surface area contributed by atoms with E-state index in [0.717, 1.165) is 12.1 Å². The predicted molar refractivity (Wildman–Crippen MR) is 115 cm³/mol. The van der Waals surface area contributed by atoms with Gasteiger partial charge in [-0.25, -0.2) is 4.39 Å². The molecule has 2 saturated heterocycles. The minimum Gasteiger partial charge on any atom is -0.370 e. The van der Waals surface area contributed by atoms with Gasteiger partial charge in [0.25, 0.3) is 5.91 Å². The highest BCUT2D eigenvalue weighted by atomic mass is 19.4. The van der Waals surface area contributed by atoms with Crippen LogP contribution in [-0.4, -0.2) is 42.9 Å². The van der Waals surface area contributed by atoms with Crippen molar-refractivity contribution in [3.8, 4) is 6.07 Å². The molecule has 2 amide bonds. The number of nitrogens with two attached hydrogens (primary N) is 1. The second-order valence-corrected chi connectivity index (χ2v) is 8.81. The van der Waals surface area contributed by atoms with Gasteiger partial charge in [0.05, 0.1) is 28.7 Å². The van der Waals surface area contributed by atoms with Crippen LogP contribution in [-0.2, 0) is 11.0 Å². The third kappa shape index (κ3) is 4.18. The Morgan fingerprint density at radius 3 is 2.38 bits per heavy atom. The van der Waals surface area contributed by atoms with Gasteiger partial charge < -0.3 is 15.5 Å². The summed E-state index contributed by atoms with van der Waals surface area (Å²) < 4.78 is 54.4. The zero-order valence-electron chi connectivity index (χ0n) is 18.1. The second-order valence-electron chi connectivity index (χ2n) is 8.81. The molecule has 178 valence electrons. The first-order valence-corrected chi connectivity index (χ1v) is 10.8. The number of hydrogen-bond donors (Lipinski definition) is 1. The van der Waals surface area contributed by atoms with Crippen molar-refractivity contribution < 1.29 is 27.2 Å². The summed E-state index contributed by atoms with van der Waals surface area (Å²) in [7, 11) is 0. The first-order chi connectivity index (χ1) is 16.1. The maximum absolute atomic E-state index is 14.1. The van der Waals surface area contributed by atoms with Crippen LogP contribution in [0.4, 0.5) is 23.2 Å². The fraction of sp³-hybridized carbons (Fsp3) is 0.375. The largest absolute Gasteiger partial charge is 0.417 e. The van der Waals surface area contributed by atoms with Crippen molar-refractivity contribution in [1.29, 1.82) is 5.26 Å². The van der Waals surface area contributed by atoms with E-state index in [0.29, 0.717) is 12.8 Å². The summed E-state index contributed by atoms with van der Waals surface area (Å²) in [6, 6.07) is 10.7.